The van der Waals surface area contributed by atoms with E-state index in [1.807, 2.05) is 67.7 Å². The highest BCUT2D eigenvalue weighted by Gasteiger charge is 2.47. The molecule has 1 amide bonds. The highest BCUT2D eigenvalue weighted by Crippen LogP contribution is 2.52. The predicted octanol–water partition coefficient (Wildman–Crippen LogP) is 4.06. The van der Waals surface area contributed by atoms with Gasteiger partial charge in [0.25, 0.3) is 0 Å². The highest BCUT2D eigenvalue weighted by molar-refractivity contribution is 5.91. The number of carbonyl (C=O) groups excluding carboxylic acids is 2. The molecule has 38 heavy (non-hydrogen) atoms. The Morgan fingerprint density at radius 3 is 2.74 bits per heavy atom. The number of hydrogen-bond acceptors (Lipinski definition) is 8. The molecular weight excluding hydrogens is 484 g/mol. The molecule has 1 aromatic carbocycles. The number of esters is 1. The van der Waals surface area contributed by atoms with Gasteiger partial charge in [-0.05, 0) is 64.7 Å². The van der Waals surface area contributed by atoms with Crippen LogP contribution in [0.2, 0.25) is 0 Å². The maximum Gasteiger partial charge on any atom is 0.410 e. The van der Waals surface area contributed by atoms with Gasteiger partial charge in [-0.15, -0.1) is 5.53 Å². The molecule has 5 rings (SSSR count). The van der Waals surface area contributed by atoms with Crippen molar-refractivity contribution in [3.63, 3.8) is 0 Å². The molecule has 2 fully saturated rings. The summed E-state index contributed by atoms with van der Waals surface area (Å²) in [4.78, 5) is 27.4. The lowest BCUT2D eigenvalue weighted by Gasteiger charge is -2.34. The zero-order valence-electron chi connectivity index (χ0n) is 22.9. The van der Waals surface area contributed by atoms with Gasteiger partial charge in [0.15, 0.2) is 0 Å². The number of piperidine rings is 1. The van der Waals surface area contributed by atoms with Gasteiger partial charge in [-0.3, -0.25) is 5.01 Å². The average molecular weight is 523 g/mol. The van der Waals surface area contributed by atoms with E-state index in [2.05, 4.69) is 28.2 Å². The number of allylic oxidation sites excluding steroid dienone is 1. The van der Waals surface area contributed by atoms with Gasteiger partial charge in [0.05, 0.1) is 24.2 Å². The van der Waals surface area contributed by atoms with E-state index in [0.29, 0.717) is 25.3 Å². The topological polar surface area (TPSA) is 101 Å². The van der Waals surface area contributed by atoms with Gasteiger partial charge in [-0.25, -0.2) is 14.3 Å². The van der Waals surface area contributed by atoms with Crippen molar-refractivity contribution in [3.05, 3.63) is 59.2 Å². The first kappa shape index (κ1) is 26.1. The van der Waals surface area contributed by atoms with E-state index in [9.17, 15) is 9.59 Å². The number of hydrogen-bond donors (Lipinski definition) is 2. The Labute approximate surface area is 223 Å². The summed E-state index contributed by atoms with van der Waals surface area (Å²) in [6, 6.07) is 8.28. The Morgan fingerprint density at radius 1 is 1.21 bits per heavy atom. The molecule has 0 bridgehead atoms. The summed E-state index contributed by atoms with van der Waals surface area (Å²) in [5.74, 6) is 0.257. The quantitative estimate of drug-likeness (QED) is 0.548. The van der Waals surface area contributed by atoms with Crippen LogP contribution in [0.25, 0.3) is 5.69 Å². The van der Waals surface area contributed by atoms with E-state index in [-0.39, 0.29) is 29.8 Å². The number of benzene rings is 1. The van der Waals surface area contributed by atoms with E-state index in [4.69, 9.17) is 9.47 Å². The summed E-state index contributed by atoms with van der Waals surface area (Å²) >= 11 is 0. The van der Waals surface area contributed by atoms with Crippen LogP contribution >= 0.6 is 0 Å². The van der Waals surface area contributed by atoms with Crippen molar-refractivity contribution in [2.24, 2.45) is 5.92 Å². The van der Waals surface area contributed by atoms with Gasteiger partial charge in [-0.1, -0.05) is 12.1 Å². The lowest BCUT2D eigenvalue weighted by Crippen LogP contribution is -2.42. The molecule has 0 spiro atoms. The van der Waals surface area contributed by atoms with Crippen LogP contribution in [0.3, 0.4) is 0 Å². The van der Waals surface area contributed by atoms with Gasteiger partial charge in [0.1, 0.15) is 11.2 Å². The fourth-order valence-electron chi connectivity index (χ4n) is 5.39. The van der Waals surface area contributed by atoms with Crippen LogP contribution in [0.15, 0.2) is 42.4 Å². The Morgan fingerprint density at radius 2 is 2.03 bits per heavy atom. The molecule has 1 saturated heterocycles. The Bertz CT molecular complexity index is 1230. The lowest BCUT2D eigenvalue weighted by atomic mass is 9.90. The summed E-state index contributed by atoms with van der Waals surface area (Å²) in [5.41, 5.74) is 10.3. The number of amides is 1. The largest absolute Gasteiger partial charge is 0.462 e. The molecule has 2 aromatic rings. The van der Waals surface area contributed by atoms with Crippen molar-refractivity contribution in [2.75, 3.05) is 26.7 Å². The van der Waals surface area contributed by atoms with Crippen molar-refractivity contribution >= 4 is 12.1 Å². The minimum atomic E-state index is -0.521. The Balaban J connectivity index is 1.41. The van der Waals surface area contributed by atoms with Gasteiger partial charge >= 0.3 is 12.1 Å². The van der Waals surface area contributed by atoms with E-state index in [1.165, 1.54) is 0 Å². The Kier molecular flexibility index (Phi) is 7.09. The second-order valence-electron chi connectivity index (χ2n) is 11.3. The molecule has 2 N–H and O–H groups in total. The van der Waals surface area contributed by atoms with E-state index < -0.39 is 5.60 Å². The molecule has 3 aliphatic rings. The molecule has 3 atom stereocenters. The normalized spacial score (nSPS) is 23.1. The molecule has 2 aliphatic heterocycles. The van der Waals surface area contributed by atoms with Crippen molar-refractivity contribution in [1.29, 1.82) is 0 Å². The first-order valence-electron chi connectivity index (χ1n) is 13.4. The molecule has 3 heterocycles. The van der Waals surface area contributed by atoms with Crippen molar-refractivity contribution in [1.82, 2.24) is 30.6 Å². The third-order valence-corrected chi connectivity index (χ3v) is 7.21. The number of rotatable bonds is 6. The van der Waals surface area contributed by atoms with Crippen LogP contribution in [0, 0.1) is 5.92 Å². The average Bonchev–Trinajstić information content (AvgIpc) is 3.33. The molecule has 10 nitrogen and oxygen atoms in total. The highest BCUT2D eigenvalue weighted by atomic mass is 16.6. The van der Waals surface area contributed by atoms with Crippen LogP contribution in [-0.4, -0.2) is 64.1 Å². The summed E-state index contributed by atoms with van der Waals surface area (Å²) < 4.78 is 12.9. The standard InChI is InChI=1S/C28H38N6O4/c1-6-37-26(35)23-15-29-34(25(23)22-14-21(22)24-17-32(5)31-30-24)20-11-7-9-18(13-20)19-10-8-12-33(16-19)27(36)38-28(2,3)4/h7,9,11,13,15,17,19,21-22,30-31H,6,8,10,12,14,16H2,1-5H3/t19?,21-,22-/m1/s1. The van der Waals surface area contributed by atoms with E-state index >= 15 is 0 Å². The third-order valence-electron chi connectivity index (χ3n) is 7.21. The fraction of sp³-hybridized carbons (Fsp3) is 0.536. The smallest absolute Gasteiger partial charge is 0.410 e. The van der Waals surface area contributed by atoms with Gasteiger partial charge in [0.2, 0.25) is 0 Å². The number of likely N-dealkylation sites (tertiary alicyclic amines) is 1. The fourth-order valence-corrected chi connectivity index (χ4v) is 5.39. The number of aromatic nitrogens is 2. The van der Waals surface area contributed by atoms with Crippen molar-refractivity contribution in [3.8, 4) is 5.69 Å². The maximum atomic E-state index is 12.9. The van der Waals surface area contributed by atoms with Gasteiger partial charge < -0.3 is 19.8 Å². The van der Waals surface area contributed by atoms with Crippen LogP contribution in [0.5, 0.6) is 0 Å². The van der Waals surface area contributed by atoms with Gasteiger partial charge in [0, 0.05) is 49.8 Å². The second kappa shape index (κ2) is 10.3. The van der Waals surface area contributed by atoms with Crippen LogP contribution in [-0.2, 0) is 9.47 Å². The molecular formula is C28H38N6O4. The van der Waals surface area contributed by atoms with Gasteiger partial charge in [-0.2, -0.15) is 5.10 Å². The second-order valence-corrected chi connectivity index (χ2v) is 11.3. The zero-order chi connectivity index (χ0) is 27.0. The Hall–Kier alpha value is -3.53. The molecule has 1 aromatic heterocycles. The van der Waals surface area contributed by atoms with Crippen molar-refractivity contribution < 1.29 is 19.1 Å². The molecule has 1 aliphatic carbocycles. The molecule has 1 saturated carbocycles. The van der Waals surface area contributed by atoms with E-state index in [0.717, 1.165) is 41.9 Å². The first-order chi connectivity index (χ1) is 18.1. The molecule has 10 heteroatoms. The summed E-state index contributed by atoms with van der Waals surface area (Å²) in [6.45, 7) is 9.11. The summed E-state index contributed by atoms with van der Waals surface area (Å²) in [7, 11) is 1.94. The minimum absolute atomic E-state index is 0.143. The number of nitrogens with zero attached hydrogens (tertiary/aromatic N) is 4. The number of nitrogens with one attached hydrogen (secondary N) is 2. The SMILES string of the molecule is CCOC(=O)c1cnn(-c2cccc(C3CCCN(C(=O)OC(C)(C)C)C3)c2)c1[C@@H]1C[C@H]1C1=CN(C)NN1. The third kappa shape index (κ3) is 5.50. The van der Waals surface area contributed by atoms with E-state index in [1.54, 1.807) is 6.20 Å². The molecule has 0 radical (unpaired) electrons. The molecule has 204 valence electrons. The first-order valence-corrected chi connectivity index (χ1v) is 13.4. The van der Waals surface area contributed by atoms with Crippen LogP contribution in [0.4, 0.5) is 4.79 Å². The minimum Gasteiger partial charge on any atom is -0.462 e. The lowest BCUT2D eigenvalue weighted by molar-refractivity contribution is 0.0198. The summed E-state index contributed by atoms with van der Waals surface area (Å²) in [6.07, 6.45) is 6.23. The number of ether oxygens (including phenoxy) is 2. The number of hydrazine groups is 2. The van der Waals surface area contributed by atoms with Crippen LogP contribution < -0.4 is 11.0 Å². The van der Waals surface area contributed by atoms with Crippen LogP contribution in [0.1, 0.15) is 80.4 Å². The van der Waals surface area contributed by atoms with Crippen molar-refractivity contribution in [2.45, 2.75) is 64.4 Å². The predicted molar refractivity (Wildman–Crippen MR) is 142 cm³/mol. The number of carbonyl (C=O) groups is 2. The monoisotopic (exact) mass is 522 g/mol. The summed E-state index contributed by atoms with van der Waals surface area (Å²) in [5, 5.41) is 6.54. The maximum absolute atomic E-state index is 12.9. The zero-order valence-corrected chi connectivity index (χ0v) is 22.9. The molecule has 1 unspecified atom stereocenters.